The van der Waals surface area contributed by atoms with Crippen molar-refractivity contribution in [3.05, 3.63) is 0 Å². The number of aliphatic imine (C=N–C) groups is 1. The van der Waals surface area contributed by atoms with Crippen LogP contribution >= 0.6 is 0 Å². The van der Waals surface area contributed by atoms with Gasteiger partial charge < -0.3 is 20.1 Å². The van der Waals surface area contributed by atoms with Crippen LogP contribution in [-0.2, 0) is 9.47 Å². The van der Waals surface area contributed by atoms with Gasteiger partial charge in [-0.1, -0.05) is 0 Å². The summed E-state index contributed by atoms with van der Waals surface area (Å²) in [6.07, 6.45) is 6.15. The van der Waals surface area contributed by atoms with Crippen LogP contribution in [0.15, 0.2) is 4.99 Å². The maximum absolute atomic E-state index is 5.76. The van der Waals surface area contributed by atoms with Gasteiger partial charge in [-0.05, 0) is 39.0 Å². The zero-order chi connectivity index (χ0) is 13.6. The van der Waals surface area contributed by atoms with Crippen LogP contribution < -0.4 is 10.6 Å². The third-order valence-corrected chi connectivity index (χ3v) is 3.94. The van der Waals surface area contributed by atoms with Gasteiger partial charge in [-0.15, -0.1) is 0 Å². The lowest BCUT2D eigenvalue weighted by Gasteiger charge is -2.24. The minimum atomic E-state index is -0.0355. The molecular formula is C14H27N3O2. The van der Waals surface area contributed by atoms with Gasteiger partial charge in [0.05, 0.1) is 11.7 Å². The zero-order valence-corrected chi connectivity index (χ0v) is 12.2. The van der Waals surface area contributed by atoms with E-state index in [0.717, 1.165) is 51.5 Å². The molecule has 0 aliphatic carbocycles. The average molecular weight is 269 g/mol. The summed E-state index contributed by atoms with van der Waals surface area (Å²) in [5, 5.41) is 6.69. The summed E-state index contributed by atoms with van der Waals surface area (Å²) in [6.45, 7) is 5.68. The normalized spacial score (nSPS) is 31.7. The van der Waals surface area contributed by atoms with Crippen molar-refractivity contribution < 1.29 is 9.47 Å². The molecule has 0 aromatic rings. The molecule has 19 heavy (non-hydrogen) atoms. The second-order valence-corrected chi connectivity index (χ2v) is 5.68. The summed E-state index contributed by atoms with van der Waals surface area (Å²) in [7, 11) is 1.80. The summed E-state index contributed by atoms with van der Waals surface area (Å²) in [5.74, 6) is 0.856. The Hall–Kier alpha value is -0.810. The summed E-state index contributed by atoms with van der Waals surface area (Å²) in [4.78, 5) is 4.24. The van der Waals surface area contributed by atoms with Crippen molar-refractivity contribution in [2.75, 3.05) is 33.4 Å². The molecule has 2 aliphatic rings. The van der Waals surface area contributed by atoms with Crippen LogP contribution in [0.3, 0.4) is 0 Å². The molecule has 0 spiro atoms. The van der Waals surface area contributed by atoms with Gasteiger partial charge in [0.2, 0.25) is 0 Å². The molecule has 0 aromatic carbocycles. The number of hydrogen-bond acceptors (Lipinski definition) is 3. The first-order chi connectivity index (χ1) is 9.22. The lowest BCUT2D eigenvalue weighted by molar-refractivity contribution is 0.0242. The Balaban J connectivity index is 1.62. The van der Waals surface area contributed by atoms with Crippen LogP contribution in [0.1, 0.15) is 39.0 Å². The molecule has 2 rings (SSSR count). The van der Waals surface area contributed by atoms with E-state index in [1.165, 1.54) is 12.8 Å². The molecule has 110 valence electrons. The van der Waals surface area contributed by atoms with Crippen molar-refractivity contribution in [1.82, 2.24) is 10.6 Å². The first-order valence-corrected chi connectivity index (χ1v) is 7.42. The highest BCUT2D eigenvalue weighted by Gasteiger charge is 2.29. The van der Waals surface area contributed by atoms with E-state index in [2.05, 4.69) is 22.5 Å². The van der Waals surface area contributed by atoms with Gasteiger partial charge in [0, 0.05) is 33.4 Å². The quantitative estimate of drug-likeness (QED) is 0.583. The summed E-state index contributed by atoms with van der Waals surface area (Å²) in [5.41, 5.74) is -0.0355. The van der Waals surface area contributed by atoms with Crippen molar-refractivity contribution in [3.8, 4) is 0 Å². The first-order valence-electron chi connectivity index (χ1n) is 7.42. The van der Waals surface area contributed by atoms with E-state index in [0.29, 0.717) is 6.10 Å². The molecule has 5 nitrogen and oxygen atoms in total. The van der Waals surface area contributed by atoms with Crippen molar-refractivity contribution in [1.29, 1.82) is 0 Å². The molecule has 2 atom stereocenters. The van der Waals surface area contributed by atoms with Crippen LogP contribution in [-0.4, -0.2) is 51.0 Å². The van der Waals surface area contributed by atoms with E-state index in [9.17, 15) is 0 Å². The first kappa shape index (κ1) is 14.6. The van der Waals surface area contributed by atoms with Crippen LogP contribution in [0, 0.1) is 0 Å². The van der Waals surface area contributed by atoms with Crippen molar-refractivity contribution in [2.24, 2.45) is 4.99 Å². The van der Waals surface area contributed by atoms with Crippen LogP contribution in [0.5, 0.6) is 0 Å². The molecule has 2 heterocycles. The Morgan fingerprint density at radius 2 is 2.21 bits per heavy atom. The predicted octanol–water partition coefficient (Wildman–Crippen LogP) is 1.29. The van der Waals surface area contributed by atoms with Gasteiger partial charge >= 0.3 is 0 Å². The van der Waals surface area contributed by atoms with Gasteiger partial charge in [0.1, 0.15) is 0 Å². The highest BCUT2D eigenvalue weighted by atomic mass is 16.5. The summed E-state index contributed by atoms with van der Waals surface area (Å²) < 4.78 is 11.4. The number of rotatable bonds is 5. The highest BCUT2D eigenvalue weighted by Crippen LogP contribution is 2.23. The molecule has 2 fully saturated rings. The van der Waals surface area contributed by atoms with E-state index in [1.54, 1.807) is 7.05 Å². The number of hydrogen-bond donors (Lipinski definition) is 2. The molecule has 0 radical (unpaired) electrons. The molecule has 0 saturated carbocycles. The Labute approximate surface area is 116 Å². The van der Waals surface area contributed by atoms with E-state index < -0.39 is 0 Å². The Morgan fingerprint density at radius 3 is 2.84 bits per heavy atom. The van der Waals surface area contributed by atoms with Crippen molar-refractivity contribution in [3.63, 3.8) is 0 Å². The van der Waals surface area contributed by atoms with Crippen LogP contribution in [0.2, 0.25) is 0 Å². The number of guanidine groups is 1. The zero-order valence-electron chi connectivity index (χ0n) is 12.2. The molecule has 2 aliphatic heterocycles. The topological polar surface area (TPSA) is 54.9 Å². The smallest absolute Gasteiger partial charge is 0.191 e. The summed E-state index contributed by atoms with van der Waals surface area (Å²) >= 11 is 0. The predicted molar refractivity (Wildman–Crippen MR) is 76.5 cm³/mol. The Kier molecular flexibility index (Phi) is 5.45. The fraction of sp³-hybridized carbons (Fsp3) is 0.929. The third kappa shape index (κ3) is 4.66. The van der Waals surface area contributed by atoms with Crippen LogP contribution in [0.4, 0.5) is 0 Å². The van der Waals surface area contributed by atoms with Gasteiger partial charge in [-0.3, -0.25) is 4.99 Å². The number of ether oxygens (including phenoxy) is 2. The largest absolute Gasteiger partial charge is 0.378 e. The SMILES string of the molecule is CN=C(NCCC1CCCO1)NCC1(C)CCCO1. The van der Waals surface area contributed by atoms with Gasteiger partial charge in [0.15, 0.2) is 5.96 Å². The van der Waals surface area contributed by atoms with Crippen LogP contribution in [0.25, 0.3) is 0 Å². The lowest BCUT2D eigenvalue weighted by atomic mass is 10.0. The fourth-order valence-electron chi connectivity index (χ4n) is 2.69. The number of nitrogens with zero attached hydrogens (tertiary/aromatic N) is 1. The van der Waals surface area contributed by atoms with E-state index in [-0.39, 0.29) is 5.60 Å². The van der Waals surface area contributed by atoms with Gasteiger partial charge in [-0.2, -0.15) is 0 Å². The minimum absolute atomic E-state index is 0.0355. The number of nitrogens with one attached hydrogen (secondary N) is 2. The van der Waals surface area contributed by atoms with Crippen molar-refractivity contribution in [2.45, 2.75) is 50.7 Å². The molecule has 0 aromatic heterocycles. The molecule has 2 N–H and O–H groups in total. The average Bonchev–Trinajstić information content (AvgIpc) is 3.06. The van der Waals surface area contributed by atoms with Gasteiger partial charge in [-0.25, -0.2) is 0 Å². The van der Waals surface area contributed by atoms with Crippen molar-refractivity contribution >= 4 is 5.96 Å². The molecule has 2 saturated heterocycles. The fourth-order valence-corrected chi connectivity index (χ4v) is 2.69. The maximum Gasteiger partial charge on any atom is 0.191 e. The second kappa shape index (κ2) is 7.10. The second-order valence-electron chi connectivity index (χ2n) is 5.68. The highest BCUT2D eigenvalue weighted by molar-refractivity contribution is 5.79. The van der Waals surface area contributed by atoms with E-state index in [4.69, 9.17) is 9.47 Å². The summed E-state index contributed by atoms with van der Waals surface area (Å²) in [6, 6.07) is 0. The third-order valence-electron chi connectivity index (χ3n) is 3.94. The Morgan fingerprint density at radius 1 is 1.32 bits per heavy atom. The molecular weight excluding hydrogens is 242 g/mol. The standard InChI is InChI=1S/C14H27N3O2/c1-14(7-4-10-19-14)11-17-13(15-2)16-8-6-12-5-3-9-18-12/h12H,3-11H2,1-2H3,(H2,15,16,17). The van der Waals surface area contributed by atoms with E-state index >= 15 is 0 Å². The minimum Gasteiger partial charge on any atom is -0.378 e. The Bertz CT molecular complexity index is 295. The molecule has 5 heteroatoms. The molecule has 0 bridgehead atoms. The molecule has 2 unspecified atom stereocenters. The lowest BCUT2D eigenvalue weighted by Crippen LogP contribution is -2.46. The maximum atomic E-state index is 5.76. The monoisotopic (exact) mass is 269 g/mol. The van der Waals surface area contributed by atoms with Gasteiger partial charge in [0.25, 0.3) is 0 Å². The van der Waals surface area contributed by atoms with E-state index in [1.807, 2.05) is 0 Å². The molecule has 0 amide bonds.